The summed E-state index contributed by atoms with van der Waals surface area (Å²) in [4.78, 5) is 3.39. The molecule has 1 N–H and O–H groups in total. The molecule has 0 bridgehead atoms. The van der Waals surface area contributed by atoms with Gasteiger partial charge < -0.3 is 4.74 Å². The van der Waals surface area contributed by atoms with E-state index in [9.17, 15) is 0 Å². The Kier molecular flexibility index (Phi) is 4.24. The largest absolute Gasteiger partial charge is 0.494 e. The SMILES string of the molecule is CCOc1ccc(C2=C(C)SC3=NNC(c4ccccc4)=CN32)cc1. The van der Waals surface area contributed by atoms with Gasteiger partial charge in [-0.15, -0.1) is 5.10 Å². The van der Waals surface area contributed by atoms with Crippen LogP contribution < -0.4 is 10.2 Å². The van der Waals surface area contributed by atoms with E-state index in [1.165, 1.54) is 10.6 Å². The van der Waals surface area contributed by atoms with Gasteiger partial charge in [0, 0.05) is 16.7 Å². The van der Waals surface area contributed by atoms with Crippen LogP contribution in [0.1, 0.15) is 25.0 Å². The molecule has 2 aliphatic heterocycles. The number of nitrogens with zero attached hydrogens (tertiary/aromatic N) is 2. The number of amidine groups is 1. The number of hydrazone groups is 1. The number of thioether (sulfide) groups is 1. The Morgan fingerprint density at radius 1 is 1.04 bits per heavy atom. The van der Waals surface area contributed by atoms with Crippen molar-refractivity contribution in [1.29, 1.82) is 0 Å². The lowest BCUT2D eigenvalue weighted by Gasteiger charge is -2.24. The van der Waals surface area contributed by atoms with Crippen LogP contribution in [0, 0.1) is 0 Å². The van der Waals surface area contributed by atoms with E-state index in [-0.39, 0.29) is 0 Å². The van der Waals surface area contributed by atoms with E-state index >= 15 is 0 Å². The van der Waals surface area contributed by atoms with Crippen molar-refractivity contribution in [2.75, 3.05) is 6.61 Å². The van der Waals surface area contributed by atoms with Crippen molar-refractivity contribution in [3.8, 4) is 5.75 Å². The third-order valence-corrected chi connectivity index (χ3v) is 5.05. The van der Waals surface area contributed by atoms with Crippen LogP contribution in [0.25, 0.3) is 11.4 Å². The monoisotopic (exact) mass is 349 g/mol. The van der Waals surface area contributed by atoms with Crippen LogP contribution in [0.2, 0.25) is 0 Å². The predicted molar refractivity (Wildman–Crippen MR) is 105 cm³/mol. The highest BCUT2D eigenvalue weighted by atomic mass is 32.2. The molecule has 0 fully saturated rings. The highest BCUT2D eigenvalue weighted by Crippen LogP contribution is 2.42. The van der Waals surface area contributed by atoms with Crippen molar-refractivity contribution in [2.45, 2.75) is 13.8 Å². The Balaban J connectivity index is 1.68. The maximum Gasteiger partial charge on any atom is 0.196 e. The van der Waals surface area contributed by atoms with E-state index in [4.69, 9.17) is 4.74 Å². The molecule has 0 radical (unpaired) electrons. The second-order valence-corrected chi connectivity index (χ2v) is 6.93. The number of benzene rings is 2. The Labute approximate surface area is 151 Å². The minimum atomic E-state index is 0.675. The standard InChI is InChI=1S/C20H19N3OS/c1-3-24-17-11-9-16(10-12-17)19-14(2)25-20-22-21-18(13-23(19)20)15-7-5-4-6-8-15/h4-13,21H,3H2,1-2H3. The van der Waals surface area contributed by atoms with E-state index < -0.39 is 0 Å². The number of hydrogen-bond donors (Lipinski definition) is 1. The van der Waals surface area contributed by atoms with Crippen molar-refractivity contribution in [1.82, 2.24) is 10.3 Å². The summed E-state index contributed by atoms with van der Waals surface area (Å²) in [5.41, 5.74) is 7.60. The first-order chi connectivity index (χ1) is 12.3. The lowest BCUT2D eigenvalue weighted by atomic mass is 10.1. The predicted octanol–water partition coefficient (Wildman–Crippen LogP) is 4.70. The first kappa shape index (κ1) is 15.8. The molecule has 5 heteroatoms. The molecule has 0 aromatic heterocycles. The Morgan fingerprint density at radius 2 is 1.80 bits per heavy atom. The number of rotatable bonds is 4. The van der Waals surface area contributed by atoms with Gasteiger partial charge in [-0.3, -0.25) is 10.3 Å². The summed E-state index contributed by atoms with van der Waals surface area (Å²) in [5.74, 6) is 0.893. The molecule has 0 spiro atoms. The van der Waals surface area contributed by atoms with Gasteiger partial charge in [0.25, 0.3) is 0 Å². The van der Waals surface area contributed by atoms with Gasteiger partial charge >= 0.3 is 0 Å². The number of hydrogen-bond acceptors (Lipinski definition) is 5. The maximum atomic E-state index is 5.55. The Hall–Kier alpha value is -2.66. The number of nitrogens with one attached hydrogen (secondary N) is 1. The van der Waals surface area contributed by atoms with Gasteiger partial charge in [0.05, 0.1) is 18.0 Å². The molecule has 2 aliphatic rings. The van der Waals surface area contributed by atoms with E-state index in [0.29, 0.717) is 6.61 Å². The minimum absolute atomic E-state index is 0.675. The topological polar surface area (TPSA) is 36.9 Å². The quantitative estimate of drug-likeness (QED) is 0.868. The van der Waals surface area contributed by atoms with Gasteiger partial charge in [-0.2, -0.15) is 0 Å². The van der Waals surface area contributed by atoms with Crippen molar-refractivity contribution in [3.63, 3.8) is 0 Å². The molecule has 2 heterocycles. The molecular weight excluding hydrogens is 330 g/mol. The fourth-order valence-corrected chi connectivity index (χ4v) is 3.86. The summed E-state index contributed by atoms with van der Waals surface area (Å²) in [6.07, 6.45) is 2.12. The zero-order valence-electron chi connectivity index (χ0n) is 14.2. The smallest absolute Gasteiger partial charge is 0.196 e. The average molecular weight is 349 g/mol. The van der Waals surface area contributed by atoms with Crippen LogP contribution in [0.3, 0.4) is 0 Å². The van der Waals surface area contributed by atoms with Gasteiger partial charge in [-0.05, 0) is 43.7 Å². The number of allylic oxidation sites excluding steroid dienone is 1. The lowest BCUT2D eigenvalue weighted by Crippen LogP contribution is -2.26. The van der Waals surface area contributed by atoms with Gasteiger partial charge in [0.2, 0.25) is 0 Å². The highest BCUT2D eigenvalue weighted by Gasteiger charge is 2.30. The van der Waals surface area contributed by atoms with Gasteiger partial charge in [0.1, 0.15) is 5.75 Å². The normalized spacial score (nSPS) is 16.2. The van der Waals surface area contributed by atoms with Crippen LogP contribution in [-0.4, -0.2) is 16.7 Å². The summed E-state index contributed by atoms with van der Waals surface area (Å²) >= 11 is 1.68. The second-order valence-electron chi connectivity index (χ2n) is 5.75. The van der Waals surface area contributed by atoms with Crippen LogP contribution in [0.4, 0.5) is 0 Å². The summed E-state index contributed by atoms with van der Waals surface area (Å²) in [6, 6.07) is 18.5. The molecule has 2 aromatic rings. The molecule has 25 heavy (non-hydrogen) atoms. The first-order valence-electron chi connectivity index (χ1n) is 8.28. The number of ether oxygens (including phenoxy) is 1. The zero-order valence-corrected chi connectivity index (χ0v) is 15.0. The Bertz CT molecular complexity index is 870. The highest BCUT2D eigenvalue weighted by molar-refractivity contribution is 8.17. The average Bonchev–Trinajstić information content (AvgIpc) is 2.98. The summed E-state index contributed by atoms with van der Waals surface area (Å²) in [6.45, 7) is 4.80. The van der Waals surface area contributed by atoms with E-state index in [1.54, 1.807) is 11.8 Å². The van der Waals surface area contributed by atoms with E-state index in [0.717, 1.165) is 27.7 Å². The molecule has 4 nitrogen and oxygen atoms in total. The summed E-state index contributed by atoms with van der Waals surface area (Å²) in [5, 5.41) is 5.49. The zero-order chi connectivity index (χ0) is 17.2. The van der Waals surface area contributed by atoms with Gasteiger partial charge in [-0.25, -0.2) is 0 Å². The fraction of sp³-hybridized carbons (Fsp3) is 0.150. The number of fused-ring (bicyclic) bond motifs is 1. The molecule has 2 aromatic carbocycles. The van der Waals surface area contributed by atoms with Crippen LogP contribution in [0.5, 0.6) is 5.75 Å². The van der Waals surface area contributed by atoms with Crippen LogP contribution >= 0.6 is 11.8 Å². The van der Waals surface area contributed by atoms with Crippen LogP contribution in [-0.2, 0) is 0 Å². The molecule has 0 amide bonds. The molecule has 0 unspecified atom stereocenters. The van der Waals surface area contributed by atoms with Gasteiger partial charge in [0.15, 0.2) is 5.17 Å². The molecular formula is C20H19N3OS. The first-order valence-corrected chi connectivity index (χ1v) is 9.10. The van der Waals surface area contributed by atoms with E-state index in [1.807, 2.05) is 37.3 Å². The van der Waals surface area contributed by atoms with Crippen molar-refractivity contribution in [3.05, 3.63) is 76.8 Å². The summed E-state index contributed by atoms with van der Waals surface area (Å²) < 4.78 is 5.55. The third-order valence-electron chi connectivity index (χ3n) is 4.08. The van der Waals surface area contributed by atoms with Crippen LogP contribution in [0.15, 0.2) is 70.8 Å². The molecule has 0 saturated carbocycles. The minimum Gasteiger partial charge on any atom is -0.494 e. The lowest BCUT2D eigenvalue weighted by molar-refractivity contribution is 0.340. The van der Waals surface area contributed by atoms with Crippen molar-refractivity contribution >= 4 is 28.3 Å². The Morgan fingerprint density at radius 3 is 2.52 bits per heavy atom. The van der Waals surface area contributed by atoms with E-state index in [2.05, 4.69) is 52.8 Å². The molecule has 0 atom stereocenters. The van der Waals surface area contributed by atoms with Crippen molar-refractivity contribution in [2.24, 2.45) is 5.10 Å². The third kappa shape index (κ3) is 3.03. The molecule has 126 valence electrons. The second kappa shape index (κ2) is 6.69. The van der Waals surface area contributed by atoms with Crippen molar-refractivity contribution < 1.29 is 4.74 Å². The fourth-order valence-electron chi connectivity index (χ4n) is 2.94. The molecule has 4 rings (SSSR count). The maximum absolute atomic E-state index is 5.55. The summed E-state index contributed by atoms with van der Waals surface area (Å²) in [7, 11) is 0. The molecule has 0 saturated heterocycles. The van der Waals surface area contributed by atoms with Gasteiger partial charge in [-0.1, -0.05) is 42.1 Å². The molecule has 0 aliphatic carbocycles.